The maximum atomic E-state index is 12.6. The molecule has 0 saturated carbocycles. The van der Waals surface area contributed by atoms with Gasteiger partial charge in [0.1, 0.15) is 0 Å². The lowest BCUT2D eigenvalue weighted by Gasteiger charge is -2.22. The van der Waals surface area contributed by atoms with Gasteiger partial charge in [-0.05, 0) is 29.8 Å². The zero-order valence-electron chi connectivity index (χ0n) is 11.7. The zero-order chi connectivity index (χ0) is 15.0. The molecule has 0 bridgehead atoms. The molecule has 0 aromatic heterocycles. The van der Waals surface area contributed by atoms with Crippen LogP contribution in [0.3, 0.4) is 0 Å². The van der Waals surface area contributed by atoms with Gasteiger partial charge < -0.3 is 10.6 Å². The topological polar surface area (TPSA) is 70.1 Å². The van der Waals surface area contributed by atoms with Crippen molar-refractivity contribution in [3.05, 3.63) is 59.3 Å². The number of nitrogens with zero attached hydrogens (tertiary/aromatic N) is 2. The van der Waals surface area contributed by atoms with Crippen molar-refractivity contribution in [3.8, 4) is 6.07 Å². The van der Waals surface area contributed by atoms with Crippen LogP contribution in [0.25, 0.3) is 10.8 Å². The maximum Gasteiger partial charge on any atom is 0.254 e. The average Bonchev–Trinajstić information content (AvgIpc) is 2.81. The number of carbonyl (C=O) groups excluding carboxylic acids is 1. The maximum absolute atomic E-state index is 12.6. The molecule has 0 radical (unpaired) electrons. The van der Waals surface area contributed by atoms with Gasteiger partial charge >= 0.3 is 0 Å². The van der Waals surface area contributed by atoms with Crippen molar-refractivity contribution in [2.24, 2.45) is 5.73 Å². The number of fused-ring (bicyclic) bond motifs is 1. The van der Waals surface area contributed by atoms with Crippen LogP contribution in [0.1, 0.15) is 17.3 Å². The molecule has 2 N–H and O–H groups in total. The molecule has 104 valence electrons. The van der Waals surface area contributed by atoms with Crippen LogP contribution in [0, 0.1) is 11.3 Å². The standard InChI is InChI=1S/C17H15N3O/c1-11-16(19)15(9-18)10-20(11)17(21)14-7-6-12-4-2-3-5-13(12)8-14/h2-8,11H,10,19H2,1H3/t11-/m0/s1. The number of rotatable bonds is 1. The van der Waals surface area contributed by atoms with Gasteiger partial charge in [0.15, 0.2) is 0 Å². The molecule has 1 aliphatic heterocycles. The number of amides is 1. The third-order valence-corrected chi connectivity index (χ3v) is 3.99. The Bertz CT molecular complexity index is 801. The lowest BCUT2D eigenvalue weighted by atomic mass is 10.1. The third kappa shape index (κ3) is 2.13. The van der Waals surface area contributed by atoms with E-state index >= 15 is 0 Å². The molecule has 4 heteroatoms. The van der Waals surface area contributed by atoms with E-state index in [-0.39, 0.29) is 18.5 Å². The van der Waals surface area contributed by atoms with Crippen LogP contribution in [-0.2, 0) is 0 Å². The fourth-order valence-electron chi connectivity index (χ4n) is 2.65. The first-order valence-corrected chi connectivity index (χ1v) is 6.80. The van der Waals surface area contributed by atoms with Crippen molar-refractivity contribution in [1.82, 2.24) is 4.90 Å². The van der Waals surface area contributed by atoms with Gasteiger partial charge in [0.25, 0.3) is 5.91 Å². The summed E-state index contributed by atoms with van der Waals surface area (Å²) in [5.41, 5.74) is 7.49. The Labute approximate surface area is 123 Å². The Balaban J connectivity index is 1.93. The first-order chi connectivity index (χ1) is 10.1. The molecule has 0 aliphatic carbocycles. The third-order valence-electron chi connectivity index (χ3n) is 3.99. The van der Waals surface area contributed by atoms with Crippen LogP contribution in [0.4, 0.5) is 0 Å². The van der Waals surface area contributed by atoms with Gasteiger partial charge in [-0.3, -0.25) is 4.79 Å². The summed E-state index contributed by atoms with van der Waals surface area (Å²) in [5, 5.41) is 11.2. The molecule has 1 aliphatic rings. The Morgan fingerprint density at radius 1 is 1.29 bits per heavy atom. The smallest absolute Gasteiger partial charge is 0.254 e. The Morgan fingerprint density at radius 3 is 2.67 bits per heavy atom. The van der Waals surface area contributed by atoms with Gasteiger partial charge in [0, 0.05) is 11.3 Å². The van der Waals surface area contributed by atoms with E-state index in [0.29, 0.717) is 16.8 Å². The minimum absolute atomic E-state index is 0.0959. The summed E-state index contributed by atoms with van der Waals surface area (Å²) >= 11 is 0. The normalized spacial score (nSPS) is 18.1. The molecule has 0 spiro atoms. The van der Waals surface area contributed by atoms with Crippen LogP contribution >= 0.6 is 0 Å². The number of benzene rings is 2. The lowest BCUT2D eigenvalue weighted by Crippen LogP contribution is -2.36. The number of carbonyl (C=O) groups is 1. The molecule has 1 heterocycles. The van der Waals surface area contributed by atoms with E-state index in [1.165, 1.54) is 0 Å². The highest BCUT2D eigenvalue weighted by atomic mass is 16.2. The molecule has 21 heavy (non-hydrogen) atoms. The molecule has 0 unspecified atom stereocenters. The fourth-order valence-corrected chi connectivity index (χ4v) is 2.65. The average molecular weight is 277 g/mol. The van der Waals surface area contributed by atoms with Crippen LogP contribution < -0.4 is 5.73 Å². The molecule has 0 fully saturated rings. The van der Waals surface area contributed by atoms with E-state index in [1.807, 2.05) is 49.4 Å². The second-order valence-corrected chi connectivity index (χ2v) is 5.22. The fraction of sp³-hybridized carbons (Fsp3) is 0.176. The summed E-state index contributed by atoms with van der Waals surface area (Å²) in [4.78, 5) is 14.3. The minimum Gasteiger partial charge on any atom is -0.399 e. The van der Waals surface area contributed by atoms with Gasteiger partial charge in [-0.1, -0.05) is 30.3 Å². The van der Waals surface area contributed by atoms with E-state index < -0.39 is 0 Å². The molecule has 0 saturated heterocycles. The monoisotopic (exact) mass is 277 g/mol. The first kappa shape index (κ1) is 13.2. The molecule has 3 rings (SSSR count). The minimum atomic E-state index is -0.237. The second kappa shape index (κ2) is 4.95. The predicted molar refractivity (Wildman–Crippen MR) is 81.3 cm³/mol. The molecule has 1 atom stereocenters. The number of nitriles is 1. The van der Waals surface area contributed by atoms with E-state index in [1.54, 1.807) is 4.90 Å². The number of hydrogen-bond acceptors (Lipinski definition) is 3. The van der Waals surface area contributed by atoms with Crippen LogP contribution in [0.5, 0.6) is 0 Å². The van der Waals surface area contributed by atoms with Crippen molar-refractivity contribution in [1.29, 1.82) is 5.26 Å². The summed E-state index contributed by atoms with van der Waals surface area (Å²) in [5.74, 6) is -0.0959. The first-order valence-electron chi connectivity index (χ1n) is 6.80. The Kier molecular flexibility index (Phi) is 3.11. The molecular weight excluding hydrogens is 262 g/mol. The highest BCUT2D eigenvalue weighted by Crippen LogP contribution is 2.24. The van der Waals surface area contributed by atoms with Crippen LogP contribution in [0.15, 0.2) is 53.7 Å². The van der Waals surface area contributed by atoms with E-state index in [9.17, 15) is 4.79 Å². The van der Waals surface area contributed by atoms with Crippen molar-refractivity contribution < 1.29 is 4.79 Å². The molecule has 1 amide bonds. The van der Waals surface area contributed by atoms with Crippen LogP contribution in [-0.4, -0.2) is 23.4 Å². The second-order valence-electron chi connectivity index (χ2n) is 5.22. The van der Waals surface area contributed by atoms with Crippen molar-refractivity contribution in [2.45, 2.75) is 13.0 Å². The zero-order valence-corrected chi connectivity index (χ0v) is 11.7. The van der Waals surface area contributed by atoms with Gasteiger partial charge in [0.05, 0.1) is 24.2 Å². The van der Waals surface area contributed by atoms with E-state index in [0.717, 1.165) is 10.8 Å². The summed E-state index contributed by atoms with van der Waals surface area (Å²) in [7, 11) is 0. The van der Waals surface area contributed by atoms with Gasteiger partial charge in [-0.25, -0.2) is 0 Å². The van der Waals surface area contributed by atoms with Crippen molar-refractivity contribution in [2.75, 3.05) is 6.54 Å². The molecule has 2 aromatic rings. The lowest BCUT2D eigenvalue weighted by molar-refractivity contribution is 0.0753. The Morgan fingerprint density at radius 2 is 2.00 bits per heavy atom. The van der Waals surface area contributed by atoms with E-state index in [2.05, 4.69) is 6.07 Å². The van der Waals surface area contributed by atoms with E-state index in [4.69, 9.17) is 11.0 Å². The van der Waals surface area contributed by atoms with Gasteiger partial charge in [-0.2, -0.15) is 5.26 Å². The molecular formula is C17H15N3O. The quantitative estimate of drug-likeness (QED) is 0.870. The summed E-state index contributed by atoms with van der Waals surface area (Å²) in [6, 6.07) is 15.4. The summed E-state index contributed by atoms with van der Waals surface area (Å²) in [6.45, 7) is 2.13. The molecule has 4 nitrogen and oxygen atoms in total. The number of nitrogens with two attached hydrogens (primary N) is 1. The number of hydrogen-bond donors (Lipinski definition) is 1. The SMILES string of the molecule is C[C@H]1C(N)=C(C#N)CN1C(=O)c1ccc2ccccc2c1. The highest BCUT2D eigenvalue weighted by molar-refractivity contribution is 5.99. The summed E-state index contributed by atoms with van der Waals surface area (Å²) < 4.78 is 0. The van der Waals surface area contributed by atoms with Gasteiger partial charge in [0.2, 0.25) is 0 Å². The van der Waals surface area contributed by atoms with Crippen molar-refractivity contribution >= 4 is 16.7 Å². The molecule has 2 aromatic carbocycles. The highest BCUT2D eigenvalue weighted by Gasteiger charge is 2.31. The van der Waals surface area contributed by atoms with Gasteiger partial charge in [-0.15, -0.1) is 0 Å². The summed E-state index contributed by atoms with van der Waals surface area (Å²) in [6.07, 6.45) is 0. The Hall–Kier alpha value is -2.80. The van der Waals surface area contributed by atoms with Crippen molar-refractivity contribution in [3.63, 3.8) is 0 Å². The largest absolute Gasteiger partial charge is 0.399 e. The predicted octanol–water partition coefficient (Wildman–Crippen LogP) is 2.42. The van der Waals surface area contributed by atoms with Crippen LogP contribution in [0.2, 0.25) is 0 Å².